The Morgan fingerprint density at radius 1 is 1.28 bits per heavy atom. The van der Waals surface area contributed by atoms with Gasteiger partial charge in [-0.15, -0.1) is 0 Å². The molecular weight excluding hydrogens is 386 g/mol. The molecule has 2 saturated heterocycles. The molecule has 0 aromatic heterocycles. The maximum Gasteiger partial charge on any atom is 0.251 e. The number of anilines is 1. The Bertz CT molecular complexity index is 638. The summed E-state index contributed by atoms with van der Waals surface area (Å²) in [5.74, 6) is 0.0764. The van der Waals surface area contributed by atoms with E-state index in [-0.39, 0.29) is 17.9 Å². The number of benzene rings is 1. The van der Waals surface area contributed by atoms with Gasteiger partial charge in [-0.25, -0.2) is 0 Å². The number of aryl methyl sites for hydroxylation is 1. The molecule has 6 nitrogen and oxygen atoms in total. The van der Waals surface area contributed by atoms with Crippen LogP contribution in [0.15, 0.2) is 22.7 Å². The number of nitrogens with one attached hydrogen (secondary N) is 1. The number of amides is 2. The van der Waals surface area contributed by atoms with Gasteiger partial charge in [-0.3, -0.25) is 14.5 Å². The van der Waals surface area contributed by atoms with Crippen LogP contribution in [0.2, 0.25) is 0 Å². The SMILES string of the molecule is Cc1cc(NC(=O)CN2CCN(C(=O)C3CCCO3)CC2)ccc1Br. The summed E-state index contributed by atoms with van der Waals surface area (Å²) in [5, 5.41) is 2.93. The maximum absolute atomic E-state index is 12.3. The van der Waals surface area contributed by atoms with Crippen molar-refractivity contribution in [1.29, 1.82) is 0 Å². The van der Waals surface area contributed by atoms with E-state index < -0.39 is 0 Å². The van der Waals surface area contributed by atoms with Crippen LogP contribution in [0.4, 0.5) is 5.69 Å². The van der Waals surface area contributed by atoms with Crippen molar-refractivity contribution in [2.24, 2.45) is 0 Å². The van der Waals surface area contributed by atoms with Crippen LogP contribution in [0.1, 0.15) is 18.4 Å². The summed E-state index contributed by atoms with van der Waals surface area (Å²) in [4.78, 5) is 28.5. The van der Waals surface area contributed by atoms with E-state index in [2.05, 4.69) is 26.1 Å². The van der Waals surface area contributed by atoms with Crippen LogP contribution in [-0.4, -0.2) is 67.0 Å². The molecule has 0 bridgehead atoms. The predicted octanol–water partition coefficient (Wildman–Crippen LogP) is 2.02. The van der Waals surface area contributed by atoms with E-state index in [1.54, 1.807) is 0 Å². The molecule has 2 aliphatic heterocycles. The Labute approximate surface area is 156 Å². The minimum atomic E-state index is -0.254. The van der Waals surface area contributed by atoms with Crippen molar-refractivity contribution in [1.82, 2.24) is 9.80 Å². The van der Waals surface area contributed by atoms with Gasteiger partial charge in [-0.1, -0.05) is 15.9 Å². The minimum Gasteiger partial charge on any atom is -0.368 e. The highest BCUT2D eigenvalue weighted by Crippen LogP contribution is 2.20. The molecule has 2 amide bonds. The van der Waals surface area contributed by atoms with Crippen LogP contribution in [-0.2, 0) is 14.3 Å². The first-order chi connectivity index (χ1) is 12.0. The van der Waals surface area contributed by atoms with Gasteiger partial charge in [0, 0.05) is 42.9 Å². The fourth-order valence-corrected chi connectivity index (χ4v) is 3.48. The van der Waals surface area contributed by atoms with Crippen LogP contribution in [0.3, 0.4) is 0 Å². The van der Waals surface area contributed by atoms with Crippen molar-refractivity contribution >= 4 is 33.4 Å². The Hall–Kier alpha value is -1.44. The van der Waals surface area contributed by atoms with Crippen molar-refractivity contribution < 1.29 is 14.3 Å². The molecular formula is C18H24BrN3O3. The summed E-state index contributed by atoms with van der Waals surface area (Å²) in [5.41, 5.74) is 1.89. The second kappa shape index (κ2) is 8.29. The lowest BCUT2D eigenvalue weighted by atomic mass is 10.2. The third-order valence-electron chi connectivity index (χ3n) is 4.70. The molecule has 0 aliphatic carbocycles. The molecule has 136 valence electrons. The highest BCUT2D eigenvalue weighted by atomic mass is 79.9. The van der Waals surface area contributed by atoms with E-state index in [1.165, 1.54) is 0 Å². The Morgan fingerprint density at radius 3 is 2.68 bits per heavy atom. The molecule has 7 heteroatoms. The van der Waals surface area contributed by atoms with Gasteiger partial charge in [0.05, 0.1) is 6.54 Å². The van der Waals surface area contributed by atoms with Crippen LogP contribution in [0, 0.1) is 6.92 Å². The fraction of sp³-hybridized carbons (Fsp3) is 0.556. The fourth-order valence-electron chi connectivity index (χ4n) is 3.23. The largest absolute Gasteiger partial charge is 0.368 e. The lowest BCUT2D eigenvalue weighted by Crippen LogP contribution is -2.52. The van der Waals surface area contributed by atoms with Crippen LogP contribution < -0.4 is 5.32 Å². The average molecular weight is 410 g/mol. The highest BCUT2D eigenvalue weighted by Gasteiger charge is 2.30. The molecule has 2 fully saturated rings. The van der Waals surface area contributed by atoms with Crippen molar-refractivity contribution in [3.8, 4) is 0 Å². The topological polar surface area (TPSA) is 61.9 Å². The van der Waals surface area contributed by atoms with Gasteiger partial charge >= 0.3 is 0 Å². The molecule has 2 aliphatic rings. The number of ether oxygens (including phenoxy) is 1. The number of hydrogen-bond acceptors (Lipinski definition) is 4. The van der Waals surface area contributed by atoms with E-state index in [1.807, 2.05) is 30.0 Å². The number of nitrogens with zero attached hydrogens (tertiary/aromatic N) is 2. The van der Waals surface area contributed by atoms with E-state index in [0.29, 0.717) is 39.3 Å². The highest BCUT2D eigenvalue weighted by molar-refractivity contribution is 9.10. The van der Waals surface area contributed by atoms with E-state index >= 15 is 0 Å². The summed E-state index contributed by atoms with van der Waals surface area (Å²) in [6, 6.07) is 5.76. The monoisotopic (exact) mass is 409 g/mol. The number of carbonyl (C=O) groups excluding carboxylic acids is 2. The molecule has 25 heavy (non-hydrogen) atoms. The van der Waals surface area contributed by atoms with Gasteiger partial charge in [0.15, 0.2) is 0 Å². The summed E-state index contributed by atoms with van der Waals surface area (Å²) >= 11 is 3.45. The number of rotatable bonds is 4. The molecule has 3 rings (SSSR count). The second-order valence-electron chi connectivity index (χ2n) is 6.62. The zero-order valence-electron chi connectivity index (χ0n) is 14.5. The first kappa shape index (κ1) is 18.4. The number of halogens is 1. The number of carbonyl (C=O) groups is 2. The third-order valence-corrected chi connectivity index (χ3v) is 5.59. The lowest BCUT2D eigenvalue weighted by Gasteiger charge is -2.35. The van der Waals surface area contributed by atoms with Crippen molar-refractivity contribution in [3.05, 3.63) is 28.2 Å². The van der Waals surface area contributed by atoms with Gasteiger partial charge in [0.2, 0.25) is 5.91 Å². The minimum absolute atomic E-state index is 0.0272. The third kappa shape index (κ3) is 4.80. The Morgan fingerprint density at radius 2 is 2.04 bits per heavy atom. The van der Waals surface area contributed by atoms with Crippen molar-refractivity contribution in [3.63, 3.8) is 0 Å². The molecule has 2 heterocycles. The van der Waals surface area contributed by atoms with Gasteiger partial charge in [-0.05, 0) is 43.5 Å². The average Bonchev–Trinajstić information content (AvgIpc) is 3.13. The molecule has 0 radical (unpaired) electrons. The molecule has 1 atom stereocenters. The maximum atomic E-state index is 12.3. The van der Waals surface area contributed by atoms with Crippen LogP contribution in [0.25, 0.3) is 0 Å². The Kier molecular flexibility index (Phi) is 6.09. The van der Waals surface area contributed by atoms with Gasteiger partial charge in [0.1, 0.15) is 6.10 Å². The second-order valence-corrected chi connectivity index (χ2v) is 7.47. The molecule has 0 saturated carbocycles. The smallest absolute Gasteiger partial charge is 0.251 e. The molecule has 1 unspecified atom stereocenters. The quantitative estimate of drug-likeness (QED) is 0.825. The van der Waals surface area contributed by atoms with Crippen molar-refractivity contribution in [2.45, 2.75) is 25.9 Å². The first-order valence-electron chi connectivity index (χ1n) is 8.71. The summed E-state index contributed by atoms with van der Waals surface area (Å²) in [7, 11) is 0. The standard InChI is InChI=1S/C18H24BrN3O3/c1-13-11-14(4-5-15(13)19)20-17(23)12-21-6-8-22(9-7-21)18(24)16-3-2-10-25-16/h4-5,11,16H,2-3,6-10,12H2,1H3,(H,20,23). The zero-order chi connectivity index (χ0) is 17.8. The zero-order valence-corrected chi connectivity index (χ0v) is 16.0. The molecule has 0 spiro atoms. The molecule has 1 aromatic carbocycles. The lowest BCUT2D eigenvalue weighted by molar-refractivity contribution is -0.142. The van der Waals surface area contributed by atoms with Gasteiger partial charge in [-0.2, -0.15) is 0 Å². The molecule has 1 aromatic rings. The van der Waals surface area contributed by atoms with Crippen LogP contribution >= 0.6 is 15.9 Å². The first-order valence-corrected chi connectivity index (χ1v) is 9.51. The van der Waals surface area contributed by atoms with Gasteiger partial charge in [0.25, 0.3) is 5.91 Å². The summed E-state index contributed by atoms with van der Waals surface area (Å²) in [6.45, 7) is 5.76. The summed E-state index contributed by atoms with van der Waals surface area (Å²) in [6.07, 6.45) is 1.54. The summed E-state index contributed by atoms with van der Waals surface area (Å²) < 4.78 is 6.50. The van der Waals surface area contributed by atoms with E-state index in [4.69, 9.17) is 4.74 Å². The van der Waals surface area contributed by atoms with Crippen molar-refractivity contribution in [2.75, 3.05) is 44.6 Å². The number of piperazine rings is 1. The van der Waals surface area contributed by atoms with Crippen LogP contribution in [0.5, 0.6) is 0 Å². The number of hydrogen-bond donors (Lipinski definition) is 1. The van der Waals surface area contributed by atoms with Gasteiger partial charge < -0.3 is 15.0 Å². The van der Waals surface area contributed by atoms with E-state index in [0.717, 1.165) is 28.6 Å². The normalized spacial score (nSPS) is 21.4. The Balaban J connectivity index is 1.44. The van der Waals surface area contributed by atoms with E-state index in [9.17, 15) is 9.59 Å². The predicted molar refractivity (Wildman–Crippen MR) is 99.5 cm³/mol. The molecule has 1 N–H and O–H groups in total.